The van der Waals surface area contributed by atoms with E-state index in [0.717, 1.165) is 12.3 Å². The standard InChI is InChI=1S/C7H18N4O2P2S/c8-14(9,12)13-15(10,16)11-7-4-5-1-2-6(7)3-5/h5-7H,1-4H2,(H4,8,9,12)(H3,10,11,16). The Morgan fingerprint density at radius 2 is 1.94 bits per heavy atom. The molecule has 2 bridgehead atoms. The van der Waals surface area contributed by atoms with Crippen LogP contribution in [0.15, 0.2) is 0 Å². The zero-order valence-electron chi connectivity index (χ0n) is 8.91. The van der Waals surface area contributed by atoms with Crippen LogP contribution in [0.2, 0.25) is 0 Å². The first-order chi connectivity index (χ1) is 7.25. The minimum Gasteiger partial charge on any atom is -0.269 e. The molecule has 0 aromatic heterocycles. The van der Waals surface area contributed by atoms with Crippen LogP contribution in [-0.4, -0.2) is 6.04 Å². The van der Waals surface area contributed by atoms with Crippen molar-refractivity contribution in [2.45, 2.75) is 31.7 Å². The van der Waals surface area contributed by atoms with Crippen molar-refractivity contribution >= 4 is 26.0 Å². The summed E-state index contributed by atoms with van der Waals surface area (Å²) in [5.74, 6) is 1.40. The highest BCUT2D eigenvalue weighted by Crippen LogP contribution is 2.52. The fourth-order valence-corrected chi connectivity index (χ4v) is 6.67. The van der Waals surface area contributed by atoms with E-state index in [1.165, 1.54) is 19.3 Å². The van der Waals surface area contributed by atoms with Crippen LogP contribution in [0.1, 0.15) is 25.7 Å². The molecule has 9 heteroatoms. The van der Waals surface area contributed by atoms with Gasteiger partial charge in [-0.1, -0.05) is 6.42 Å². The quantitative estimate of drug-likeness (QED) is 0.569. The van der Waals surface area contributed by atoms with Crippen molar-refractivity contribution in [3.8, 4) is 0 Å². The Labute approximate surface area is 100 Å². The van der Waals surface area contributed by atoms with Gasteiger partial charge in [0.15, 0.2) is 0 Å². The van der Waals surface area contributed by atoms with Gasteiger partial charge in [0, 0.05) is 6.04 Å². The maximum Gasteiger partial charge on any atom is 0.341 e. The summed E-state index contributed by atoms with van der Waals surface area (Å²) in [4.78, 5) is 0. The molecule has 2 aliphatic carbocycles. The van der Waals surface area contributed by atoms with Gasteiger partial charge in [-0.15, -0.1) is 0 Å². The van der Waals surface area contributed by atoms with Crippen LogP contribution in [0.3, 0.4) is 0 Å². The highest BCUT2D eigenvalue weighted by atomic mass is 32.5. The van der Waals surface area contributed by atoms with Crippen molar-refractivity contribution in [2.24, 2.45) is 28.3 Å². The maximum absolute atomic E-state index is 11.1. The Morgan fingerprint density at radius 3 is 2.38 bits per heavy atom. The number of fused-ring (bicyclic) bond motifs is 2. The molecule has 0 heterocycles. The van der Waals surface area contributed by atoms with Crippen molar-refractivity contribution in [3.05, 3.63) is 0 Å². The summed E-state index contributed by atoms with van der Waals surface area (Å²) < 4.78 is 16.0. The molecule has 0 amide bonds. The molecule has 0 radical (unpaired) electrons. The van der Waals surface area contributed by atoms with Crippen LogP contribution in [-0.2, 0) is 20.7 Å². The van der Waals surface area contributed by atoms with Crippen LogP contribution < -0.4 is 21.6 Å². The van der Waals surface area contributed by atoms with Gasteiger partial charge >= 0.3 is 7.67 Å². The van der Waals surface area contributed by atoms with E-state index < -0.39 is 14.2 Å². The van der Waals surface area contributed by atoms with Gasteiger partial charge in [0.05, 0.1) is 0 Å². The Balaban J connectivity index is 1.94. The molecule has 7 N–H and O–H groups in total. The first kappa shape index (κ1) is 13.1. The number of nitrogens with one attached hydrogen (secondary N) is 1. The van der Waals surface area contributed by atoms with Gasteiger partial charge in [0.25, 0.3) is 0 Å². The van der Waals surface area contributed by atoms with Crippen molar-refractivity contribution in [1.29, 1.82) is 0 Å². The zero-order chi connectivity index (χ0) is 12.0. The summed E-state index contributed by atoms with van der Waals surface area (Å²) in [7, 11) is -3.60. The first-order valence-corrected chi connectivity index (χ1v) is 9.85. The van der Waals surface area contributed by atoms with Crippen LogP contribution in [0.5, 0.6) is 0 Å². The molecule has 16 heavy (non-hydrogen) atoms. The van der Waals surface area contributed by atoms with E-state index in [4.69, 9.17) is 32.6 Å². The monoisotopic (exact) mass is 284 g/mol. The van der Waals surface area contributed by atoms with Gasteiger partial charge in [-0.05, 0) is 42.9 Å². The topological polar surface area (TPSA) is 116 Å². The van der Waals surface area contributed by atoms with E-state index in [1.54, 1.807) is 0 Å². The molecule has 4 atom stereocenters. The predicted molar refractivity (Wildman–Crippen MR) is 67.9 cm³/mol. The molecule has 2 fully saturated rings. The van der Waals surface area contributed by atoms with E-state index in [0.29, 0.717) is 5.92 Å². The molecule has 2 aliphatic rings. The summed E-state index contributed by atoms with van der Waals surface area (Å²) in [5.41, 5.74) is 16.0. The lowest BCUT2D eigenvalue weighted by Gasteiger charge is -2.28. The second-order valence-electron chi connectivity index (χ2n) is 4.73. The van der Waals surface area contributed by atoms with Gasteiger partial charge in [0.1, 0.15) is 0 Å². The molecule has 0 saturated heterocycles. The molecule has 2 saturated carbocycles. The Kier molecular flexibility index (Phi) is 3.62. The van der Waals surface area contributed by atoms with E-state index >= 15 is 0 Å². The highest BCUT2D eigenvalue weighted by molar-refractivity contribution is 8.11. The fraction of sp³-hybridized carbons (Fsp3) is 1.00. The second-order valence-corrected chi connectivity index (χ2v) is 9.76. The molecule has 6 nitrogen and oxygen atoms in total. The molecule has 0 aromatic carbocycles. The fourth-order valence-electron chi connectivity index (χ4n) is 2.85. The van der Waals surface area contributed by atoms with E-state index in [1.807, 2.05) is 0 Å². The highest BCUT2D eigenvalue weighted by Gasteiger charge is 2.41. The maximum atomic E-state index is 11.1. The number of rotatable bonds is 4. The van der Waals surface area contributed by atoms with Crippen molar-refractivity contribution in [2.75, 3.05) is 0 Å². The van der Waals surface area contributed by atoms with Crippen LogP contribution in [0.25, 0.3) is 0 Å². The van der Waals surface area contributed by atoms with Gasteiger partial charge in [-0.25, -0.2) is 15.3 Å². The second kappa shape index (κ2) is 4.41. The molecular formula is C7H18N4O2P2S. The molecule has 0 aliphatic heterocycles. The normalized spacial score (nSPS) is 37.6. The third kappa shape index (κ3) is 3.34. The minimum atomic E-state index is -3.60. The number of nitrogens with two attached hydrogens (primary N) is 3. The van der Waals surface area contributed by atoms with Crippen LogP contribution in [0.4, 0.5) is 0 Å². The zero-order valence-corrected chi connectivity index (χ0v) is 11.5. The Bertz CT molecular complexity index is 373. The molecule has 0 aromatic rings. The number of hydrogen-bond donors (Lipinski definition) is 4. The summed E-state index contributed by atoms with van der Waals surface area (Å²) >= 11 is 5.07. The molecule has 4 unspecified atom stereocenters. The van der Waals surface area contributed by atoms with Gasteiger partial charge in [-0.2, -0.15) is 0 Å². The van der Waals surface area contributed by atoms with Crippen molar-refractivity contribution in [1.82, 2.24) is 5.09 Å². The third-order valence-corrected chi connectivity index (χ3v) is 6.93. The summed E-state index contributed by atoms with van der Waals surface area (Å²) in [6, 6.07) is 0.279. The molecule has 2 rings (SSSR count). The largest absolute Gasteiger partial charge is 0.341 e. The molecule has 94 valence electrons. The lowest BCUT2D eigenvalue weighted by Crippen LogP contribution is -2.34. The summed E-state index contributed by atoms with van der Waals surface area (Å²) in [6.45, 7) is -2.82. The third-order valence-electron chi connectivity index (χ3n) is 3.33. The van der Waals surface area contributed by atoms with Crippen LogP contribution >= 0.6 is 14.2 Å². The van der Waals surface area contributed by atoms with Crippen molar-refractivity contribution < 1.29 is 8.88 Å². The van der Waals surface area contributed by atoms with Gasteiger partial charge in [0.2, 0.25) is 6.57 Å². The first-order valence-electron chi connectivity index (χ1n) is 5.30. The van der Waals surface area contributed by atoms with Crippen LogP contribution in [0, 0.1) is 11.8 Å². The average molecular weight is 284 g/mol. The van der Waals surface area contributed by atoms with E-state index in [2.05, 4.69) is 5.09 Å². The Hall–Kier alpha value is 0.680. The number of hydrogen-bond acceptors (Lipinski definition) is 3. The lowest BCUT2D eigenvalue weighted by molar-refractivity contribution is 0.388. The summed E-state index contributed by atoms with van der Waals surface area (Å²) in [6.07, 6.45) is 4.81. The SMILES string of the molecule is NP(N)(=O)OP(N)(=S)NC1CC2CCC1C2. The minimum absolute atomic E-state index is 0.279. The average Bonchev–Trinajstić information content (AvgIpc) is 2.57. The Morgan fingerprint density at radius 1 is 1.25 bits per heavy atom. The van der Waals surface area contributed by atoms with Gasteiger partial charge < -0.3 is 0 Å². The smallest absolute Gasteiger partial charge is 0.269 e. The van der Waals surface area contributed by atoms with Gasteiger partial charge in [-0.3, -0.25) is 15.2 Å². The van der Waals surface area contributed by atoms with E-state index in [9.17, 15) is 4.57 Å². The molecule has 0 spiro atoms. The predicted octanol–water partition coefficient (Wildman–Crippen LogP) is 0.990. The summed E-state index contributed by atoms with van der Waals surface area (Å²) in [5, 5.41) is 3.09. The molecular weight excluding hydrogens is 266 g/mol. The van der Waals surface area contributed by atoms with Crippen molar-refractivity contribution in [3.63, 3.8) is 0 Å². The lowest BCUT2D eigenvalue weighted by atomic mass is 9.96. The van der Waals surface area contributed by atoms with E-state index in [-0.39, 0.29) is 6.04 Å².